The molecule has 1 fully saturated rings. The number of nitrogens with zero attached hydrogens (tertiary/aromatic N) is 2. The summed E-state index contributed by atoms with van der Waals surface area (Å²) in [7, 11) is -2.19. The van der Waals surface area contributed by atoms with Crippen molar-refractivity contribution in [3.63, 3.8) is 0 Å². The molecule has 0 radical (unpaired) electrons. The zero-order valence-electron chi connectivity index (χ0n) is 15.5. The summed E-state index contributed by atoms with van der Waals surface area (Å²) in [6, 6.07) is 15.3. The number of carbonyl (C=O) groups excluding carboxylic acids is 1. The normalized spacial score (nSPS) is 15.3. The molecule has 1 aliphatic heterocycles. The lowest BCUT2D eigenvalue weighted by molar-refractivity contribution is -0.117. The van der Waals surface area contributed by atoms with Crippen molar-refractivity contribution >= 4 is 27.3 Å². The van der Waals surface area contributed by atoms with Crippen LogP contribution in [0.15, 0.2) is 59.5 Å². The van der Waals surface area contributed by atoms with Gasteiger partial charge in [0.15, 0.2) is 0 Å². The van der Waals surface area contributed by atoms with Crippen LogP contribution in [-0.4, -0.2) is 45.9 Å². The molecule has 1 saturated heterocycles. The van der Waals surface area contributed by atoms with E-state index in [4.69, 9.17) is 0 Å². The third-order valence-corrected chi connectivity index (χ3v) is 6.49. The molecule has 0 spiro atoms. The number of hydrogen-bond donors (Lipinski definition) is 1. The molecule has 1 heterocycles. The van der Waals surface area contributed by atoms with Crippen LogP contribution in [0.2, 0.25) is 0 Å². The number of benzene rings is 2. The largest absolute Gasteiger partial charge is 0.325 e. The summed E-state index contributed by atoms with van der Waals surface area (Å²) in [4.78, 5) is 14.6. The van der Waals surface area contributed by atoms with E-state index in [-0.39, 0.29) is 10.8 Å². The molecule has 1 amide bonds. The van der Waals surface area contributed by atoms with Crippen molar-refractivity contribution in [2.75, 3.05) is 36.3 Å². The molecule has 27 heavy (non-hydrogen) atoms. The maximum absolute atomic E-state index is 12.9. The molecular formula is C20H25N3O3S. The maximum Gasteiger partial charge on any atom is 0.264 e. The molecule has 144 valence electrons. The van der Waals surface area contributed by atoms with Gasteiger partial charge in [-0.3, -0.25) is 14.0 Å². The van der Waals surface area contributed by atoms with Crippen LogP contribution in [0.5, 0.6) is 0 Å². The van der Waals surface area contributed by atoms with Gasteiger partial charge in [-0.1, -0.05) is 30.7 Å². The standard InChI is InChI=1S/C20H25N3O3S/c1-22(18-10-4-2-5-11-18)27(25,26)19-12-8-9-17(15-19)21-20(24)16-23-13-6-3-7-14-23/h2,4-5,8-12,15H,3,6-7,13-14,16H2,1H3,(H,21,24). The first-order valence-corrected chi connectivity index (χ1v) is 10.6. The van der Waals surface area contributed by atoms with Crippen LogP contribution in [0, 0.1) is 0 Å². The third kappa shape index (κ3) is 4.87. The zero-order chi connectivity index (χ0) is 19.3. The van der Waals surface area contributed by atoms with Gasteiger partial charge in [0.2, 0.25) is 5.91 Å². The zero-order valence-corrected chi connectivity index (χ0v) is 16.3. The fourth-order valence-corrected chi connectivity index (χ4v) is 4.43. The summed E-state index contributed by atoms with van der Waals surface area (Å²) in [5, 5.41) is 2.82. The molecule has 7 heteroatoms. The van der Waals surface area contributed by atoms with Crippen LogP contribution in [0.3, 0.4) is 0 Å². The van der Waals surface area contributed by atoms with Gasteiger partial charge in [-0.05, 0) is 56.3 Å². The average Bonchev–Trinajstić information content (AvgIpc) is 2.69. The lowest BCUT2D eigenvalue weighted by atomic mass is 10.1. The summed E-state index contributed by atoms with van der Waals surface area (Å²) in [6.45, 7) is 2.20. The number of carbonyl (C=O) groups is 1. The molecule has 2 aromatic carbocycles. The van der Waals surface area contributed by atoms with E-state index in [0.717, 1.165) is 25.9 Å². The van der Waals surface area contributed by atoms with Gasteiger partial charge < -0.3 is 5.32 Å². The average molecular weight is 388 g/mol. The van der Waals surface area contributed by atoms with Crippen molar-refractivity contribution < 1.29 is 13.2 Å². The fourth-order valence-electron chi connectivity index (χ4n) is 3.19. The second kappa shape index (κ2) is 8.54. The Morgan fingerprint density at radius 2 is 1.74 bits per heavy atom. The number of hydrogen-bond acceptors (Lipinski definition) is 4. The first-order valence-electron chi connectivity index (χ1n) is 9.13. The monoisotopic (exact) mass is 387 g/mol. The first kappa shape index (κ1) is 19.4. The minimum Gasteiger partial charge on any atom is -0.325 e. The van der Waals surface area contributed by atoms with Gasteiger partial charge in [-0.25, -0.2) is 8.42 Å². The predicted molar refractivity (Wildman–Crippen MR) is 107 cm³/mol. The van der Waals surface area contributed by atoms with Crippen molar-refractivity contribution in [1.29, 1.82) is 0 Å². The van der Waals surface area contributed by atoms with Gasteiger partial charge >= 0.3 is 0 Å². The van der Waals surface area contributed by atoms with Crippen LogP contribution in [0.25, 0.3) is 0 Å². The summed E-state index contributed by atoms with van der Waals surface area (Å²) in [5.41, 5.74) is 1.07. The number of rotatable bonds is 6. The minimum atomic E-state index is -3.71. The predicted octanol–water partition coefficient (Wildman–Crippen LogP) is 2.94. The van der Waals surface area contributed by atoms with Crippen molar-refractivity contribution in [2.24, 2.45) is 0 Å². The molecule has 0 unspecified atom stereocenters. The highest BCUT2D eigenvalue weighted by molar-refractivity contribution is 7.92. The highest BCUT2D eigenvalue weighted by atomic mass is 32.2. The van der Waals surface area contributed by atoms with Crippen molar-refractivity contribution in [1.82, 2.24) is 4.90 Å². The first-order chi connectivity index (χ1) is 13.0. The van der Waals surface area contributed by atoms with E-state index in [1.54, 1.807) is 36.4 Å². The molecule has 6 nitrogen and oxygen atoms in total. The Morgan fingerprint density at radius 3 is 2.44 bits per heavy atom. The molecule has 0 atom stereocenters. The summed E-state index contributed by atoms with van der Waals surface area (Å²) < 4.78 is 27.0. The van der Waals surface area contributed by atoms with E-state index >= 15 is 0 Å². The molecule has 0 saturated carbocycles. The quantitative estimate of drug-likeness (QED) is 0.827. The van der Waals surface area contributed by atoms with Crippen LogP contribution in [0.1, 0.15) is 19.3 Å². The molecule has 1 aliphatic rings. The molecule has 2 aromatic rings. The number of amides is 1. The lowest BCUT2D eigenvalue weighted by Gasteiger charge is -2.25. The Bertz CT molecular complexity index is 878. The maximum atomic E-state index is 12.9. The van der Waals surface area contributed by atoms with Gasteiger partial charge in [0.25, 0.3) is 10.0 Å². The van der Waals surface area contributed by atoms with Crippen LogP contribution >= 0.6 is 0 Å². The van der Waals surface area contributed by atoms with Gasteiger partial charge in [0, 0.05) is 12.7 Å². The van der Waals surface area contributed by atoms with Gasteiger partial charge in [-0.15, -0.1) is 0 Å². The van der Waals surface area contributed by atoms with E-state index < -0.39 is 10.0 Å². The number of piperidine rings is 1. The van der Waals surface area contributed by atoms with E-state index in [2.05, 4.69) is 10.2 Å². The number of sulfonamides is 1. The molecular weight excluding hydrogens is 362 g/mol. The van der Waals surface area contributed by atoms with E-state index in [1.165, 1.54) is 29.9 Å². The van der Waals surface area contributed by atoms with Crippen molar-refractivity contribution in [2.45, 2.75) is 24.2 Å². The molecule has 0 aromatic heterocycles. The topological polar surface area (TPSA) is 69.7 Å². The number of nitrogens with one attached hydrogen (secondary N) is 1. The number of para-hydroxylation sites is 1. The highest BCUT2D eigenvalue weighted by Crippen LogP contribution is 2.23. The molecule has 0 bridgehead atoms. The fraction of sp³-hybridized carbons (Fsp3) is 0.350. The number of likely N-dealkylation sites (tertiary alicyclic amines) is 1. The summed E-state index contributed by atoms with van der Waals surface area (Å²) in [6.07, 6.45) is 3.45. The van der Waals surface area contributed by atoms with Gasteiger partial charge in [-0.2, -0.15) is 0 Å². The smallest absolute Gasteiger partial charge is 0.264 e. The van der Waals surface area contributed by atoms with E-state index in [1.807, 2.05) is 6.07 Å². The Morgan fingerprint density at radius 1 is 1.04 bits per heavy atom. The van der Waals surface area contributed by atoms with Crippen LogP contribution < -0.4 is 9.62 Å². The van der Waals surface area contributed by atoms with E-state index in [9.17, 15) is 13.2 Å². The minimum absolute atomic E-state index is 0.122. The van der Waals surface area contributed by atoms with E-state index in [0.29, 0.717) is 17.9 Å². The second-order valence-electron chi connectivity index (χ2n) is 6.72. The summed E-state index contributed by atoms with van der Waals surface area (Å²) >= 11 is 0. The Labute approximate surface area is 160 Å². The molecule has 3 rings (SSSR count). The lowest BCUT2D eigenvalue weighted by Crippen LogP contribution is -2.36. The second-order valence-corrected chi connectivity index (χ2v) is 8.69. The molecule has 1 N–H and O–H groups in total. The third-order valence-electron chi connectivity index (χ3n) is 4.71. The highest BCUT2D eigenvalue weighted by Gasteiger charge is 2.22. The SMILES string of the molecule is CN(c1ccccc1)S(=O)(=O)c1cccc(NC(=O)CN2CCCCC2)c1. The van der Waals surface area contributed by atoms with Gasteiger partial charge in [0.1, 0.15) is 0 Å². The Kier molecular flexibility index (Phi) is 6.13. The Balaban J connectivity index is 1.71. The van der Waals surface area contributed by atoms with Crippen LogP contribution in [0.4, 0.5) is 11.4 Å². The number of anilines is 2. The summed E-state index contributed by atoms with van der Waals surface area (Å²) in [5.74, 6) is -0.122. The van der Waals surface area contributed by atoms with Gasteiger partial charge in [0.05, 0.1) is 17.1 Å². The molecule has 0 aliphatic carbocycles. The van der Waals surface area contributed by atoms with Crippen molar-refractivity contribution in [3.05, 3.63) is 54.6 Å². The Hall–Kier alpha value is -2.38. The van der Waals surface area contributed by atoms with Crippen molar-refractivity contribution in [3.8, 4) is 0 Å². The van der Waals surface area contributed by atoms with Crippen LogP contribution in [-0.2, 0) is 14.8 Å².